The van der Waals surface area contributed by atoms with Gasteiger partial charge in [-0.1, -0.05) is 26.2 Å². The summed E-state index contributed by atoms with van der Waals surface area (Å²) in [6.45, 7) is 6.70. The molecule has 1 saturated carbocycles. The Labute approximate surface area is 169 Å². The van der Waals surface area contributed by atoms with Crippen molar-refractivity contribution in [3.05, 3.63) is 17.7 Å². The predicted molar refractivity (Wildman–Crippen MR) is 111 cm³/mol. The maximum atomic E-state index is 13.5. The Hall–Kier alpha value is -1.89. The lowest BCUT2D eigenvalue weighted by Crippen LogP contribution is -2.46. The standard InChI is InChI=1S/C21H37N5O2/c1-5-6-11-22-20(27)17-9-7-8-10-18(17)21(28)26(13-12-25(3)4)14-19-16(2)23-15-24-19/h15,17-18H,5-14H2,1-4H3,(H,22,27)(H,23,24)/t17-,18+/m1/s1. The minimum absolute atomic E-state index is 0.0509. The first-order valence-corrected chi connectivity index (χ1v) is 10.6. The van der Waals surface area contributed by atoms with Crippen molar-refractivity contribution in [2.75, 3.05) is 33.7 Å². The predicted octanol–water partition coefficient (Wildman–Crippen LogP) is 2.33. The van der Waals surface area contributed by atoms with Crippen LogP contribution in [0.2, 0.25) is 0 Å². The fraction of sp³-hybridized carbons (Fsp3) is 0.762. The van der Waals surface area contributed by atoms with Gasteiger partial charge in [0.25, 0.3) is 0 Å². The summed E-state index contributed by atoms with van der Waals surface area (Å²) in [5.41, 5.74) is 1.88. The van der Waals surface area contributed by atoms with Crippen molar-refractivity contribution in [2.24, 2.45) is 11.8 Å². The van der Waals surface area contributed by atoms with Crippen LogP contribution in [0.5, 0.6) is 0 Å². The van der Waals surface area contributed by atoms with Crippen molar-refractivity contribution < 1.29 is 9.59 Å². The molecule has 0 saturated heterocycles. The van der Waals surface area contributed by atoms with Crippen LogP contribution in [0.3, 0.4) is 0 Å². The molecule has 0 aliphatic heterocycles. The third-order valence-corrected chi connectivity index (χ3v) is 5.65. The zero-order chi connectivity index (χ0) is 20.5. The zero-order valence-electron chi connectivity index (χ0n) is 18.0. The maximum Gasteiger partial charge on any atom is 0.226 e. The molecule has 2 N–H and O–H groups in total. The van der Waals surface area contributed by atoms with E-state index in [0.29, 0.717) is 19.6 Å². The monoisotopic (exact) mass is 391 g/mol. The van der Waals surface area contributed by atoms with E-state index in [2.05, 4.69) is 27.1 Å². The summed E-state index contributed by atoms with van der Waals surface area (Å²) in [5, 5.41) is 3.05. The molecule has 2 atom stereocenters. The van der Waals surface area contributed by atoms with Crippen molar-refractivity contribution >= 4 is 11.8 Å². The second-order valence-corrected chi connectivity index (χ2v) is 8.18. The first-order chi connectivity index (χ1) is 13.4. The highest BCUT2D eigenvalue weighted by Gasteiger charge is 2.37. The molecule has 28 heavy (non-hydrogen) atoms. The molecular weight excluding hydrogens is 354 g/mol. The number of likely N-dealkylation sites (N-methyl/N-ethyl adjacent to an activating group) is 1. The molecule has 0 radical (unpaired) electrons. The lowest BCUT2D eigenvalue weighted by molar-refractivity contribution is -0.144. The number of imidazole rings is 1. The number of H-pyrrole nitrogens is 1. The van der Waals surface area contributed by atoms with Gasteiger partial charge in [-0.05, 0) is 40.3 Å². The van der Waals surface area contributed by atoms with Gasteiger partial charge < -0.3 is 20.1 Å². The van der Waals surface area contributed by atoms with Crippen molar-refractivity contribution in [3.63, 3.8) is 0 Å². The summed E-state index contributed by atoms with van der Waals surface area (Å²) in [7, 11) is 4.01. The number of aromatic nitrogens is 2. The third-order valence-electron chi connectivity index (χ3n) is 5.65. The lowest BCUT2D eigenvalue weighted by atomic mass is 9.77. The Bertz CT molecular complexity index is 628. The fourth-order valence-corrected chi connectivity index (χ4v) is 3.81. The normalized spacial score (nSPS) is 19.6. The number of carbonyl (C=O) groups excluding carboxylic acids is 2. The van der Waals surface area contributed by atoms with E-state index in [-0.39, 0.29) is 23.7 Å². The highest BCUT2D eigenvalue weighted by molar-refractivity contribution is 5.88. The van der Waals surface area contributed by atoms with Gasteiger partial charge >= 0.3 is 0 Å². The first kappa shape index (κ1) is 22.4. The molecule has 1 heterocycles. The van der Waals surface area contributed by atoms with Gasteiger partial charge in [-0.2, -0.15) is 0 Å². The lowest BCUT2D eigenvalue weighted by Gasteiger charge is -2.34. The van der Waals surface area contributed by atoms with Crippen LogP contribution >= 0.6 is 0 Å². The Kier molecular flexibility index (Phi) is 8.96. The van der Waals surface area contributed by atoms with Crippen LogP contribution in [0.15, 0.2) is 6.33 Å². The second kappa shape index (κ2) is 11.2. The molecule has 1 aromatic rings. The molecule has 1 aromatic heterocycles. The third kappa shape index (κ3) is 6.33. The van der Waals surface area contributed by atoms with Crippen molar-refractivity contribution in [3.8, 4) is 0 Å². The van der Waals surface area contributed by atoms with E-state index in [1.807, 2.05) is 25.9 Å². The summed E-state index contributed by atoms with van der Waals surface area (Å²) < 4.78 is 0. The van der Waals surface area contributed by atoms with Crippen LogP contribution in [0.1, 0.15) is 56.8 Å². The van der Waals surface area contributed by atoms with E-state index in [1.165, 1.54) is 0 Å². The summed E-state index contributed by atoms with van der Waals surface area (Å²) in [4.78, 5) is 37.7. The topological polar surface area (TPSA) is 81.3 Å². The van der Waals surface area contributed by atoms with Crippen molar-refractivity contribution in [1.82, 2.24) is 25.1 Å². The smallest absolute Gasteiger partial charge is 0.226 e. The molecule has 1 aliphatic rings. The highest BCUT2D eigenvalue weighted by Crippen LogP contribution is 2.32. The maximum absolute atomic E-state index is 13.5. The molecule has 1 fully saturated rings. The molecule has 2 amide bonds. The average molecular weight is 392 g/mol. The quantitative estimate of drug-likeness (QED) is 0.600. The summed E-state index contributed by atoms with van der Waals surface area (Å²) in [6, 6.07) is 0. The van der Waals surface area contributed by atoms with E-state index in [0.717, 1.165) is 56.5 Å². The van der Waals surface area contributed by atoms with E-state index in [9.17, 15) is 9.59 Å². The Balaban J connectivity index is 2.11. The van der Waals surface area contributed by atoms with Crippen molar-refractivity contribution in [2.45, 2.75) is 58.9 Å². The summed E-state index contributed by atoms with van der Waals surface area (Å²) in [6.07, 6.45) is 7.33. The molecule has 1 aliphatic carbocycles. The van der Waals surface area contributed by atoms with Gasteiger partial charge in [-0.3, -0.25) is 9.59 Å². The van der Waals surface area contributed by atoms with Gasteiger partial charge in [0.15, 0.2) is 0 Å². The number of carbonyl (C=O) groups is 2. The number of unbranched alkanes of at least 4 members (excludes halogenated alkanes) is 1. The molecule has 2 rings (SSSR count). The van der Waals surface area contributed by atoms with Crippen molar-refractivity contribution in [1.29, 1.82) is 0 Å². The number of aryl methyl sites for hydroxylation is 1. The number of nitrogens with zero attached hydrogens (tertiary/aromatic N) is 3. The first-order valence-electron chi connectivity index (χ1n) is 10.6. The summed E-state index contributed by atoms with van der Waals surface area (Å²) in [5.74, 6) is -0.286. The van der Waals surface area contributed by atoms with Crippen LogP contribution in [0.25, 0.3) is 0 Å². The molecule has 7 nitrogen and oxygen atoms in total. The van der Waals surface area contributed by atoms with Gasteiger partial charge in [0.2, 0.25) is 11.8 Å². The van der Waals surface area contributed by atoms with Gasteiger partial charge in [0, 0.05) is 37.2 Å². The minimum atomic E-state index is -0.225. The van der Waals surface area contributed by atoms with Gasteiger partial charge in [0.05, 0.1) is 18.6 Å². The minimum Gasteiger partial charge on any atom is -0.356 e. The van der Waals surface area contributed by atoms with Crippen LogP contribution < -0.4 is 5.32 Å². The summed E-state index contributed by atoms with van der Waals surface area (Å²) >= 11 is 0. The number of nitrogens with one attached hydrogen (secondary N) is 2. The van der Waals surface area contributed by atoms with Gasteiger partial charge in [0.1, 0.15) is 0 Å². The molecule has 7 heteroatoms. The molecule has 0 spiro atoms. The number of rotatable bonds is 10. The Morgan fingerprint density at radius 1 is 1.21 bits per heavy atom. The van der Waals surface area contributed by atoms with Crippen LogP contribution in [0.4, 0.5) is 0 Å². The van der Waals surface area contributed by atoms with Crippen LogP contribution in [-0.2, 0) is 16.1 Å². The fourth-order valence-electron chi connectivity index (χ4n) is 3.81. The number of hydrogen-bond acceptors (Lipinski definition) is 4. The highest BCUT2D eigenvalue weighted by atomic mass is 16.2. The molecule has 158 valence electrons. The van der Waals surface area contributed by atoms with Gasteiger partial charge in [-0.25, -0.2) is 4.98 Å². The Morgan fingerprint density at radius 2 is 1.93 bits per heavy atom. The van der Waals surface area contributed by atoms with Crippen LogP contribution in [0, 0.1) is 18.8 Å². The molecule has 0 aromatic carbocycles. The molecule has 0 bridgehead atoms. The van der Waals surface area contributed by atoms with E-state index in [1.54, 1.807) is 6.33 Å². The SMILES string of the molecule is CCCCNC(=O)[C@@H]1CCCC[C@@H]1C(=O)N(CCN(C)C)Cc1nc[nH]c1C. The number of hydrogen-bond donors (Lipinski definition) is 2. The average Bonchev–Trinajstić information content (AvgIpc) is 3.09. The van der Waals surface area contributed by atoms with Gasteiger partial charge in [-0.15, -0.1) is 0 Å². The Morgan fingerprint density at radius 3 is 2.54 bits per heavy atom. The molecule has 0 unspecified atom stereocenters. The van der Waals surface area contributed by atoms with E-state index < -0.39 is 0 Å². The van der Waals surface area contributed by atoms with E-state index >= 15 is 0 Å². The number of amides is 2. The molecular formula is C21H37N5O2. The van der Waals surface area contributed by atoms with E-state index in [4.69, 9.17) is 0 Å². The van der Waals surface area contributed by atoms with Crippen LogP contribution in [-0.4, -0.2) is 65.3 Å². The number of aromatic amines is 1. The largest absolute Gasteiger partial charge is 0.356 e. The zero-order valence-corrected chi connectivity index (χ0v) is 18.0. The second-order valence-electron chi connectivity index (χ2n) is 8.18.